The maximum atomic E-state index is 9.34. The van der Waals surface area contributed by atoms with E-state index in [2.05, 4.69) is 38.5 Å². The molecule has 1 aromatic rings. The highest BCUT2D eigenvalue weighted by Crippen LogP contribution is 2.25. The molecule has 13 heavy (non-hydrogen) atoms. The Balaban J connectivity index is 3.05. The number of aliphatic hydroxyl groups excluding tert-OH is 1. The molecule has 0 aliphatic rings. The van der Waals surface area contributed by atoms with Crippen molar-refractivity contribution in [3.63, 3.8) is 0 Å². The van der Waals surface area contributed by atoms with E-state index in [0.29, 0.717) is 0 Å². The van der Waals surface area contributed by atoms with Gasteiger partial charge >= 0.3 is 0 Å². The molecule has 0 unspecified atom stereocenters. The summed E-state index contributed by atoms with van der Waals surface area (Å²) in [4.78, 5) is 0. The average Bonchev–Trinajstić information content (AvgIpc) is 2.08. The van der Waals surface area contributed by atoms with Crippen LogP contribution < -0.4 is 5.73 Å². The number of hydrogen-bond acceptors (Lipinski definition) is 2. The van der Waals surface area contributed by atoms with Gasteiger partial charge in [-0.3, -0.25) is 0 Å². The molecule has 0 amide bonds. The molecule has 2 nitrogen and oxygen atoms in total. The predicted molar refractivity (Wildman–Crippen MR) is 65.5 cm³/mol. The number of rotatable bonds is 2. The van der Waals surface area contributed by atoms with Gasteiger partial charge in [-0.05, 0) is 53.3 Å². The highest BCUT2D eigenvalue weighted by molar-refractivity contribution is 14.1. The Morgan fingerprint density at radius 2 is 2.15 bits per heavy atom. The van der Waals surface area contributed by atoms with Crippen molar-refractivity contribution in [3.8, 4) is 0 Å². The number of halogens is 2. The van der Waals surface area contributed by atoms with Crippen LogP contribution in [0.2, 0.25) is 0 Å². The molecular weight excluding hydrogens is 345 g/mol. The second kappa shape index (κ2) is 4.72. The summed E-state index contributed by atoms with van der Waals surface area (Å²) in [6.07, 6.45) is -0.533. The Bertz CT molecular complexity index is 304. The van der Waals surface area contributed by atoms with E-state index >= 15 is 0 Å². The summed E-state index contributed by atoms with van der Waals surface area (Å²) >= 11 is 5.63. The predicted octanol–water partition coefficient (Wildman–Crippen LogP) is 2.43. The standard InChI is InChI=1S/C9H11BrINO/c1-5(13)9(12)7-4-6(11)2-3-8(7)10/h2-5,9,13H,12H2,1H3/t5-,9+/m1/s1. The molecule has 0 heterocycles. The molecular formula is C9H11BrINO. The van der Waals surface area contributed by atoms with E-state index in [0.717, 1.165) is 13.6 Å². The Labute approximate surface area is 99.8 Å². The normalized spacial score (nSPS) is 15.5. The van der Waals surface area contributed by atoms with Crippen molar-refractivity contribution in [1.82, 2.24) is 0 Å². The van der Waals surface area contributed by atoms with Crippen molar-refractivity contribution in [2.75, 3.05) is 0 Å². The molecule has 0 aliphatic heterocycles. The zero-order valence-electron chi connectivity index (χ0n) is 7.17. The van der Waals surface area contributed by atoms with Crippen LogP contribution >= 0.6 is 38.5 Å². The SMILES string of the molecule is C[C@@H](O)[C@H](N)c1cc(I)ccc1Br. The Kier molecular flexibility index (Phi) is 4.15. The second-order valence-electron chi connectivity index (χ2n) is 2.93. The lowest BCUT2D eigenvalue weighted by atomic mass is 10.0. The van der Waals surface area contributed by atoms with Crippen LogP contribution in [0.3, 0.4) is 0 Å². The fourth-order valence-corrected chi connectivity index (χ4v) is 2.06. The van der Waals surface area contributed by atoms with Crippen LogP contribution in [-0.4, -0.2) is 11.2 Å². The number of benzene rings is 1. The molecule has 4 heteroatoms. The number of nitrogens with two attached hydrogens (primary N) is 1. The van der Waals surface area contributed by atoms with Gasteiger partial charge in [0.15, 0.2) is 0 Å². The Hall–Kier alpha value is 0.350. The second-order valence-corrected chi connectivity index (χ2v) is 5.03. The van der Waals surface area contributed by atoms with Crippen LogP contribution in [0.15, 0.2) is 22.7 Å². The monoisotopic (exact) mass is 355 g/mol. The highest BCUT2D eigenvalue weighted by atomic mass is 127. The van der Waals surface area contributed by atoms with Crippen LogP contribution in [0, 0.1) is 3.57 Å². The summed E-state index contributed by atoms with van der Waals surface area (Å²) in [6.45, 7) is 1.69. The molecule has 0 saturated heterocycles. The topological polar surface area (TPSA) is 46.2 Å². The largest absolute Gasteiger partial charge is 0.391 e. The molecule has 0 bridgehead atoms. The first-order valence-corrected chi connectivity index (χ1v) is 5.78. The van der Waals surface area contributed by atoms with Gasteiger partial charge in [-0.15, -0.1) is 0 Å². The smallest absolute Gasteiger partial charge is 0.0705 e. The summed E-state index contributed by atoms with van der Waals surface area (Å²) in [5.41, 5.74) is 6.77. The molecule has 1 aromatic carbocycles. The summed E-state index contributed by atoms with van der Waals surface area (Å²) in [7, 11) is 0. The quantitative estimate of drug-likeness (QED) is 0.800. The van der Waals surface area contributed by atoms with Crippen molar-refractivity contribution in [3.05, 3.63) is 31.8 Å². The van der Waals surface area contributed by atoms with Crippen LogP contribution in [0.25, 0.3) is 0 Å². The zero-order chi connectivity index (χ0) is 10.0. The van der Waals surface area contributed by atoms with Gasteiger partial charge < -0.3 is 10.8 Å². The maximum Gasteiger partial charge on any atom is 0.0705 e. The summed E-state index contributed by atoms with van der Waals surface area (Å²) in [5, 5.41) is 9.34. The molecule has 0 radical (unpaired) electrons. The average molecular weight is 356 g/mol. The van der Waals surface area contributed by atoms with Crippen LogP contribution in [-0.2, 0) is 0 Å². The fraction of sp³-hybridized carbons (Fsp3) is 0.333. The maximum absolute atomic E-state index is 9.34. The van der Waals surface area contributed by atoms with Gasteiger partial charge in [-0.1, -0.05) is 15.9 Å². The first-order chi connectivity index (χ1) is 6.02. The third-order valence-corrected chi connectivity index (χ3v) is 3.23. The van der Waals surface area contributed by atoms with Crippen molar-refractivity contribution >= 4 is 38.5 Å². The van der Waals surface area contributed by atoms with E-state index < -0.39 is 6.10 Å². The van der Waals surface area contributed by atoms with Gasteiger partial charge in [0.25, 0.3) is 0 Å². The number of hydrogen-bond donors (Lipinski definition) is 2. The van der Waals surface area contributed by atoms with Crippen molar-refractivity contribution in [2.24, 2.45) is 5.73 Å². The summed E-state index contributed by atoms with van der Waals surface area (Å²) < 4.78 is 2.06. The van der Waals surface area contributed by atoms with E-state index in [-0.39, 0.29) is 6.04 Å². The fourth-order valence-electron chi connectivity index (χ4n) is 1.03. The third-order valence-electron chi connectivity index (χ3n) is 1.84. The molecule has 0 aliphatic carbocycles. The van der Waals surface area contributed by atoms with Crippen molar-refractivity contribution in [1.29, 1.82) is 0 Å². The van der Waals surface area contributed by atoms with Crippen LogP contribution in [0.4, 0.5) is 0 Å². The lowest BCUT2D eigenvalue weighted by Crippen LogP contribution is -2.23. The molecule has 1 rings (SSSR count). The van der Waals surface area contributed by atoms with E-state index in [9.17, 15) is 5.11 Å². The minimum Gasteiger partial charge on any atom is -0.391 e. The summed E-state index contributed by atoms with van der Waals surface area (Å²) in [5.74, 6) is 0. The zero-order valence-corrected chi connectivity index (χ0v) is 10.9. The lowest BCUT2D eigenvalue weighted by Gasteiger charge is -2.16. The van der Waals surface area contributed by atoms with Crippen molar-refractivity contribution < 1.29 is 5.11 Å². The molecule has 0 aromatic heterocycles. The molecule has 2 atom stereocenters. The van der Waals surface area contributed by atoms with E-state index in [1.165, 1.54) is 0 Å². The number of aliphatic hydroxyl groups is 1. The minimum atomic E-state index is -0.533. The highest BCUT2D eigenvalue weighted by Gasteiger charge is 2.14. The molecule has 0 spiro atoms. The third kappa shape index (κ3) is 2.90. The van der Waals surface area contributed by atoms with E-state index in [4.69, 9.17) is 5.73 Å². The molecule has 0 fully saturated rings. The van der Waals surface area contributed by atoms with E-state index in [1.807, 2.05) is 18.2 Å². The molecule has 0 saturated carbocycles. The first kappa shape index (κ1) is 11.4. The van der Waals surface area contributed by atoms with Gasteiger partial charge in [0.1, 0.15) is 0 Å². The molecule has 3 N–H and O–H groups in total. The minimum absolute atomic E-state index is 0.330. The van der Waals surface area contributed by atoms with Gasteiger partial charge in [-0.25, -0.2) is 0 Å². The van der Waals surface area contributed by atoms with Crippen LogP contribution in [0.1, 0.15) is 18.5 Å². The van der Waals surface area contributed by atoms with Gasteiger partial charge in [-0.2, -0.15) is 0 Å². The van der Waals surface area contributed by atoms with E-state index in [1.54, 1.807) is 6.92 Å². The van der Waals surface area contributed by atoms with Gasteiger partial charge in [0.05, 0.1) is 12.1 Å². The molecule has 72 valence electrons. The van der Waals surface area contributed by atoms with Gasteiger partial charge in [0, 0.05) is 8.04 Å². The Morgan fingerprint density at radius 1 is 1.54 bits per heavy atom. The summed E-state index contributed by atoms with van der Waals surface area (Å²) in [6, 6.07) is 5.58. The van der Waals surface area contributed by atoms with Gasteiger partial charge in [0.2, 0.25) is 0 Å². The lowest BCUT2D eigenvalue weighted by molar-refractivity contribution is 0.164. The Morgan fingerprint density at radius 3 is 2.69 bits per heavy atom. The first-order valence-electron chi connectivity index (χ1n) is 3.91. The van der Waals surface area contributed by atoms with Crippen LogP contribution in [0.5, 0.6) is 0 Å². The van der Waals surface area contributed by atoms with Crippen molar-refractivity contribution in [2.45, 2.75) is 19.1 Å².